The summed E-state index contributed by atoms with van der Waals surface area (Å²) in [5, 5.41) is 11.5. The van der Waals surface area contributed by atoms with Gasteiger partial charge in [-0.15, -0.1) is 0 Å². The van der Waals surface area contributed by atoms with Crippen LogP contribution in [0.1, 0.15) is 24.8 Å². The average molecular weight is 286 g/mol. The highest BCUT2D eigenvalue weighted by Gasteiger charge is 2.28. The average Bonchev–Trinajstić information content (AvgIpc) is 2.48. The second kappa shape index (κ2) is 6.86. The molecule has 1 unspecified atom stereocenters. The van der Waals surface area contributed by atoms with E-state index in [0.717, 1.165) is 12.8 Å². The standard InChI is InChI=1S/C15H18N4O2/c16-9-11-4-6-12(7-5-11)18-14(20)10-19-8-2-1-3-13(19)15(17)21/h4-7,13H,1-3,8,10H2,(H2,17,21)(H,18,20). The van der Waals surface area contributed by atoms with Gasteiger partial charge in [0.25, 0.3) is 0 Å². The SMILES string of the molecule is N#Cc1ccc(NC(=O)CN2CCCCC2C(N)=O)cc1. The largest absolute Gasteiger partial charge is 0.368 e. The number of carbonyl (C=O) groups excluding carboxylic acids is 2. The number of nitriles is 1. The van der Waals surface area contributed by atoms with E-state index < -0.39 is 0 Å². The number of hydrogen-bond donors (Lipinski definition) is 2. The van der Waals surface area contributed by atoms with Crippen molar-refractivity contribution in [2.75, 3.05) is 18.4 Å². The van der Waals surface area contributed by atoms with Gasteiger partial charge in [-0.05, 0) is 43.7 Å². The zero-order valence-electron chi connectivity index (χ0n) is 11.7. The molecule has 0 saturated carbocycles. The molecule has 1 aromatic rings. The fourth-order valence-corrected chi connectivity index (χ4v) is 2.52. The summed E-state index contributed by atoms with van der Waals surface area (Å²) in [6.45, 7) is 0.849. The van der Waals surface area contributed by atoms with E-state index in [0.29, 0.717) is 24.2 Å². The number of primary amides is 1. The quantitative estimate of drug-likeness (QED) is 0.856. The minimum Gasteiger partial charge on any atom is -0.368 e. The van der Waals surface area contributed by atoms with Crippen LogP contribution in [0.15, 0.2) is 24.3 Å². The second-order valence-electron chi connectivity index (χ2n) is 5.12. The maximum absolute atomic E-state index is 12.0. The van der Waals surface area contributed by atoms with E-state index in [2.05, 4.69) is 5.32 Å². The van der Waals surface area contributed by atoms with Crippen LogP contribution in [0.25, 0.3) is 0 Å². The van der Waals surface area contributed by atoms with Gasteiger partial charge in [-0.25, -0.2) is 0 Å². The van der Waals surface area contributed by atoms with E-state index in [-0.39, 0.29) is 24.4 Å². The van der Waals surface area contributed by atoms with Gasteiger partial charge in [-0.3, -0.25) is 14.5 Å². The number of anilines is 1. The van der Waals surface area contributed by atoms with Crippen LogP contribution < -0.4 is 11.1 Å². The molecule has 3 N–H and O–H groups in total. The van der Waals surface area contributed by atoms with E-state index in [1.165, 1.54) is 0 Å². The molecule has 0 spiro atoms. The molecular weight excluding hydrogens is 268 g/mol. The van der Waals surface area contributed by atoms with Crippen LogP contribution in [0.4, 0.5) is 5.69 Å². The van der Waals surface area contributed by atoms with E-state index in [9.17, 15) is 9.59 Å². The number of nitrogens with one attached hydrogen (secondary N) is 1. The molecule has 1 fully saturated rings. The Balaban J connectivity index is 1.93. The summed E-state index contributed by atoms with van der Waals surface area (Å²) in [5.74, 6) is -0.561. The summed E-state index contributed by atoms with van der Waals surface area (Å²) < 4.78 is 0. The van der Waals surface area contributed by atoms with E-state index >= 15 is 0 Å². The van der Waals surface area contributed by atoms with Crippen LogP contribution >= 0.6 is 0 Å². The maximum atomic E-state index is 12.0. The predicted octanol–water partition coefficient (Wildman–Crippen LogP) is 0.837. The van der Waals surface area contributed by atoms with Crippen LogP contribution in [-0.4, -0.2) is 35.8 Å². The first-order valence-electron chi connectivity index (χ1n) is 6.93. The van der Waals surface area contributed by atoms with E-state index in [1.54, 1.807) is 24.3 Å². The lowest BCUT2D eigenvalue weighted by atomic mass is 10.0. The highest BCUT2D eigenvalue weighted by Crippen LogP contribution is 2.16. The van der Waals surface area contributed by atoms with Gasteiger partial charge in [0.15, 0.2) is 0 Å². The molecule has 0 radical (unpaired) electrons. The van der Waals surface area contributed by atoms with Gasteiger partial charge in [0.1, 0.15) is 0 Å². The highest BCUT2D eigenvalue weighted by atomic mass is 16.2. The fourth-order valence-electron chi connectivity index (χ4n) is 2.52. The van der Waals surface area contributed by atoms with Crippen molar-refractivity contribution in [2.24, 2.45) is 5.73 Å². The van der Waals surface area contributed by atoms with Gasteiger partial charge < -0.3 is 11.1 Å². The van der Waals surface area contributed by atoms with Crippen molar-refractivity contribution in [1.82, 2.24) is 4.90 Å². The van der Waals surface area contributed by atoms with Gasteiger partial charge in [-0.2, -0.15) is 5.26 Å². The van der Waals surface area contributed by atoms with Crippen LogP contribution in [0.2, 0.25) is 0 Å². The Morgan fingerprint density at radius 2 is 2.05 bits per heavy atom. The molecule has 1 saturated heterocycles. The van der Waals surface area contributed by atoms with Gasteiger partial charge >= 0.3 is 0 Å². The summed E-state index contributed by atoms with van der Waals surface area (Å²) in [5.41, 5.74) is 6.55. The first-order chi connectivity index (χ1) is 10.1. The lowest BCUT2D eigenvalue weighted by molar-refractivity contribution is -0.126. The van der Waals surface area contributed by atoms with Crippen molar-refractivity contribution >= 4 is 17.5 Å². The Labute approximate surface area is 123 Å². The maximum Gasteiger partial charge on any atom is 0.238 e. The molecule has 2 rings (SSSR count). The van der Waals surface area contributed by atoms with Crippen LogP contribution in [0.5, 0.6) is 0 Å². The molecule has 110 valence electrons. The Kier molecular flexibility index (Phi) is 4.90. The highest BCUT2D eigenvalue weighted by molar-refractivity contribution is 5.92. The lowest BCUT2D eigenvalue weighted by Gasteiger charge is -2.32. The summed E-state index contributed by atoms with van der Waals surface area (Å²) in [6.07, 6.45) is 2.63. The first-order valence-corrected chi connectivity index (χ1v) is 6.93. The third kappa shape index (κ3) is 4.04. The fraction of sp³-hybridized carbons (Fsp3) is 0.400. The molecule has 1 aliphatic heterocycles. The summed E-state index contributed by atoms with van der Waals surface area (Å²) in [7, 11) is 0. The Bertz CT molecular complexity index is 562. The van der Waals surface area contributed by atoms with Crippen molar-refractivity contribution in [1.29, 1.82) is 5.26 Å². The van der Waals surface area contributed by atoms with E-state index in [1.807, 2.05) is 11.0 Å². The van der Waals surface area contributed by atoms with Crippen LogP contribution in [-0.2, 0) is 9.59 Å². The number of nitrogens with zero attached hydrogens (tertiary/aromatic N) is 2. The Hall–Kier alpha value is -2.39. The van der Waals surface area contributed by atoms with Crippen LogP contribution in [0, 0.1) is 11.3 Å². The van der Waals surface area contributed by atoms with Crippen molar-refractivity contribution in [2.45, 2.75) is 25.3 Å². The number of rotatable bonds is 4. The molecule has 0 aliphatic carbocycles. The molecule has 1 aromatic carbocycles. The molecule has 0 aromatic heterocycles. The van der Waals surface area contributed by atoms with Crippen molar-refractivity contribution < 1.29 is 9.59 Å². The summed E-state index contributed by atoms with van der Waals surface area (Å²) in [4.78, 5) is 25.3. The molecule has 0 bridgehead atoms. The minimum atomic E-state index is -0.374. The number of benzene rings is 1. The number of nitrogens with two attached hydrogens (primary N) is 1. The normalized spacial score (nSPS) is 18.7. The number of hydrogen-bond acceptors (Lipinski definition) is 4. The zero-order valence-corrected chi connectivity index (χ0v) is 11.7. The molecule has 6 nitrogen and oxygen atoms in total. The number of carbonyl (C=O) groups is 2. The summed E-state index contributed by atoms with van der Waals surface area (Å²) >= 11 is 0. The van der Waals surface area contributed by atoms with Gasteiger partial charge in [-0.1, -0.05) is 6.42 Å². The summed E-state index contributed by atoms with van der Waals surface area (Å²) in [6, 6.07) is 8.30. The minimum absolute atomic E-state index is 0.146. The number of likely N-dealkylation sites (tertiary alicyclic amines) is 1. The first kappa shape index (κ1) is 15.0. The molecular formula is C15H18N4O2. The Morgan fingerprint density at radius 3 is 2.67 bits per heavy atom. The molecule has 1 aliphatic rings. The predicted molar refractivity (Wildman–Crippen MR) is 78.2 cm³/mol. The molecule has 6 heteroatoms. The van der Waals surface area contributed by atoms with Gasteiger partial charge in [0, 0.05) is 5.69 Å². The molecule has 1 heterocycles. The van der Waals surface area contributed by atoms with E-state index in [4.69, 9.17) is 11.0 Å². The topological polar surface area (TPSA) is 99.2 Å². The van der Waals surface area contributed by atoms with Crippen molar-refractivity contribution in [3.63, 3.8) is 0 Å². The third-order valence-corrected chi connectivity index (χ3v) is 3.59. The monoisotopic (exact) mass is 286 g/mol. The Morgan fingerprint density at radius 1 is 1.33 bits per heavy atom. The number of piperidine rings is 1. The van der Waals surface area contributed by atoms with Crippen LogP contribution in [0.3, 0.4) is 0 Å². The zero-order chi connectivity index (χ0) is 15.2. The van der Waals surface area contributed by atoms with Gasteiger partial charge in [0.2, 0.25) is 11.8 Å². The molecule has 21 heavy (non-hydrogen) atoms. The van der Waals surface area contributed by atoms with Gasteiger partial charge in [0.05, 0.1) is 24.2 Å². The van der Waals surface area contributed by atoms with Crippen molar-refractivity contribution in [3.8, 4) is 6.07 Å². The second-order valence-corrected chi connectivity index (χ2v) is 5.12. The third-order valence-electron chi connectivity index (χ3n) is 3.59. The van der Waals surface area contributed by atoms with Crippen molar-refractivity contribution in [3.05, 3.63) is 29.8 Å². The molecule has 1 atom stereocenters. The number of amides is 2. The lowest BCUT2D eigenvalue weighted by Crippen LogP contribution is -2.50. The molecule has 2 amide bonds. The smallest absolute Gasteiger partial charge is 0.238 e.